The van der Waals surface area contributed by atoms with Gasteiger partial charge in [0.25, 0.3) is 0 Å². The first kappa shape index (κ1) is 21.1. The average molecular weight is 421 g/mol. The molecule has 2 aromatic carbocycles. The number of hydrogen-bond acceptors (Lipinski definition) is 5. The summed E-state index contributed by atoms with van der Waals surface area (Å²) in [5.41, 5.74) is 13.1. The molecule has 158 valence electrons. The maximum absolute atomic E-state index is 9.95. The van der Waals surface area contributed by atoms with E-state index in [0.717, 1.165) is 28.3 Å². The molecule has 2 heterocycles. The van der Waals surface area contributed by atoms with Gasteiger partial charge < -0.3 is 10.3 Å². The second-order valence-corrected chi connectivity index (χ2v) is 7.93. The maximum Gasteiger partial charge on any atom is 0.127 e. The third-order valence-corrected chi connectivity index (χ3v) is 5.72. The SMILES string of the molecule is Cc1cccc(-n2c(C)cc(/C=C(/C#N)C3=NN(c4ccccc4)[C@H](N)[C@@H]3C#N)c2C)c1. The van der Waals surface area contributed by atoms with Crippen LogP contribution in [0, 0.1) is 49.4 Å². The molecule has 0 radical (unpaired) electrons. The number of rotatable bonds is 4. The molecule has 0 saturated heterocycles. The largest absolute Gasteiger partial charge is 0.318 e. The van der Waals surface area contributed by atoms with E-state index in [-0.39, 0.29) is 0 Å². The second kappa shape index (κ2) is 8.55. The normalized spacial score (nSPS) is 18.2. The van der Waals surface area contributed by atoms with Gasteiger partial charge in [0.05, 0.1) is 23.0 Å². The van der Waals surface area contributed by atoms with Gasteiger partial charge in [-0.1, -0.05) is 30.3 Å². The minimum absolute atomic E-state index is 0.343. The van der Waals surface area contributed by atoms with Gasteiger partial charge in [0.2, 0.25) is 0 Å². The Kier molecular flexibility index (Phi) is 5.64. The molecule has 0 unspecified atom stereocenters. The van der Waals surface area contributed by atoms with E-state index in [4.69, 9.17) is 5.73 Å². The second-order valence-electron chi connectivity index (χ2n) is 7.93. The van der Waals surface area contributed by atoms with E-state index in [2.05, 4.69) is 46.9 Å². The Morgan fingerprint density at radius 3 is 2.38 bits per heavy atom. The van der Waals surface area contributed by atoms with Gasteiger partial charge >= 0.3 is 0 Å². The molecule has 0 saturated carbocycles. The molecule has 1 aliphatic heterocycles. The number of nitrogens with zero attached hydrogens (tertiary/aromatic N) is 5. The van der Waals surface area contributed by atoms with E-state index in [1.165, 1.54) is 5.56 Å². The molecule has 0 amide bonds. The lowest BCUT2D eigenvalue weighted by atomic mass is 9.95. The van der Waals surface area contributed by atoms with Crippen molar-refractivity contribution in [2.24, 2.45) is 16.8 Å². The van der Waals surface area contributed by atoms with Crippen molar-refractivity contribution in [3.05, 3.63) is 88.8 Å². The molecule has 1 aliphatic rings. The zero-order valence-electron chi connectivity index (χ0n) is 18.3. The van der Waals surface area contributed by atoms with Gasteiger partial charge in [-0.3, -0.25) is 0 Å². The Morgan fingerprint density at radius 1 is 1.00 bits per heavy atom. The molecule has 0 spiro atoms. The van der Waals surface area contributed by atoms with Crippen molar-refractivity contribution in [1.29, 1.82) is 10.5 Å². The number of hydrazone groups is 1. The summed E-state index contributed by atoms with van der Waals surface area (Å²) in [7, 11) is 0. The molecule has 3 aromatic rings. The Labute approximate surface area is 188 Å². The van der Waals surface area contributed by atoms with Crippen molar-refractivity contribution in [3.63, 3.8) is 0 Å². The molecule has 6 nitrogen and oxygen atoms in total. The zero-order valence-corrected chi connectivity index (χ0v) is 18.3. The van der Waals surface area contributed by atoms with Crippen molar-refractivity contribution in [3.8, 4) is 17.8 Å². The van der Waals surface area contributed by atoms with Gasteiger partial charge in [-0.05, 0) is 68.3 Å². The van der Waals surface area contributed by atoms with E-state index < -0.39 is 12.1 Å². The molecule has 0 fully saturated rings. The monoisotopic (exact) mass is 420 g/mol. The highest BCUT2D eigenvalue weighted by molar-refractivity contribution is 6.11. The summed E-state index contributed by atoms with van der Waals surface area (Å²) in [6, 6.07) is 24.2. The predicted molar refractivity (Wildman–Crippen MR) is 127 cm³/mol. The predicted octanol–water partition coefficient (Wildman–Crippen LogP) is 4.61. The molecular formula is C26H24N6. The van der Waals surface area contributed by atoms with Crippen LogP contribution in [0.25, 0.3) is 11.8 Å². The van der Waals surface area contributed by atoms with E-state index in [0.29, 0.717) is 11.3 Å². The van der Waals surface area contributed by atoms with Gasteiger partial charge in [-0.25, -0.2) is 5.01 Å². The fourth-order valence-corrected chi connectivity index (χ4v) is 4.13. The first-order valence-electron chi connectivity index (χ1n) is 10.4. The molecule has 2 atom stereocenters. The summed E-state index contributed by atoms with van der Waals surface area (Å²) in [4.78, 5) is 0. The van der Waals surface area contributed by atoms with Gasteiger partial charge in [0.15, 0.2) is 0 Å². The number of aromatic nitrogens is 1. The topological polar surface area (TPSA) is 94.1 Å². The highest BCUT2D eigenvalue weighted by Crippen LogP contribution is 2.30. The Hall–Kier alpha value is -4.13. The van der Waals surface area contributed by atoms with Crippen LogP contribution in [0.15, 0.2) is 71.3 Å². The van der Waals surface area contributed by atoms with E-state index in [9.17, 15) is 10.5 Å². The van der Waals surface area contributed by atoms with Crippen LogP contribution in [-0.2, 0) is 0 Å². The minimum Gasteiger partial charge on any atom is -0.318 e. The number of allylic oxidation sites excluding steroid dienone is 1. The van der Waals surface area contributed by atoms with Crippen molar-refractivity contribution in [1.82, 2.24) is 4.57 Å². The van der Waals surface area contributed by atoms with Crippen LogP contribution in [-0.4, -0.2) is 16.4 Å². The lowest BCUT2D eigenvalue weighted by Crippen LogP contribution is -2.40. The minimum atomic E-state index is -0.707. The van der Waals surface area contributed by atoms with Crippen molar-refractivity contribution >= 4 is 17.5 Å². The van der Waals surface area contributed by atoms with Crippen molar-refractivity contribution in [2.45, 2.75) is 26.9 Å². The number of nitrogens with two attached hydrogens (primary N) is 1. The summed E-state index contributed by atoms with van der Waals surface area (Å²) in [5, 5.41) is 25.9. The molecule has 4 rings (SSSR count). The molecule has 1 aromatic heterocycles. The number of anilines is 1. The molecule has 6 heteroatoms. The van der Waals surface area contributed by atoms with Crippen LogP contribution >= 0.6 is 0 Å². The Morgan fingerprint density at radius 2 is 1.72 bits per heavy atom. The lowest BCUT2D eigenvalue weighted by Gasteiger charge is -2.21. The van der Waals surface area contributed by atoms with Crippen molar-refractivity contribution in [2.75, 3.05) is 5.01 Å². The van der Waals surface area contributed by atoms with Crippen LogP contribution in [0.2, 0.25) is 0 Å². The average Bonchev–Trinajstić information content (AvgIpc) is 3.27. The van der Waals surface area contributed by atoms with Gasteiger partial charge in [0, 0.05) is 17.1 Å². The van der Waals surface area contributed by atoms with Gasteiger partial charge in [-0.15, -0.1) is 0 Å². The van der Waals surface area contributed by atoms with E-state index in [1.54, 1.807) is 11.1 Å². The van der Waals surface area contributed by atoms with E-state index >= 15 is 0 Å². The summed E-state index contributed by atoms with van der Waals surface area (Å²) in [6.07, 6.45) is 1.15. The number of para-hydroxylation sites is 1. The quantitative estimate of drug-likeness (QED) is 0.624. The zero-order chi connectivity index (χ0) is 22.8. The summed E-state index contributed by atoms with van der Waals surface area (Å²) in [5.74, 6) is -0.707. The molecular weight excluding hydrogens is 396 g/mol. The van der Waals surface area contributed by atoms with Crippen LogP contribution in [0.3, 0.4) is 0 Å². The maximum atomic E-state index is 9.95. The third-order valence-electron chi connectivity index (χ3n) is 5.72. The highest BCUT2D eigenvalue weighted by Gasteiger charge is 2.37. The molecule has 0 aliphatic carbocycles. The smallest absolute Gasteiger partial charge is 0.127 e. The van der Waals surface area contributed by atoms with Crippen molar-refractivity contribution < 1.29 is 0 Å². The number of hydrogen-bond donors (Lipinski definition) is 1. The van der Waals surface area contributed by atoms with Crippen LogP contribution in [0.4, 0.5) is 5.69 Å². The first-order chi connectivity index (χ1) is 15.4. The van der Waals surface area contributed by atoms with Crippen LogP contribution < -0.4 is 10.7 Å². The third kappa shape index (κ3) is 3.69. The fourth-order valence-electron chi connectivity index (χ4n) is 4.13. The standard InChI is InChI=1S/C26H24N6/c1-17-8-7-11-23(12-17)31-18(2)13-20(19(31)3)14-21(15-27)25-24(16-28)26(29)32(30-25)22-9-5-4-6-10-22/h4-14,24,26H,29H2,1-3H3/b21-14-/t24-,26+/m1/s1. The summed E-state index contributed by atoms with van der Waals surface area (Å²) in [6.45, 7) is 6.13. The summed E-state index contributed by atoms with van der Waals surface area (Å²) >= 11 is 0. The molecule has 32 heavy (non-hydrogen) atoms. The van der Waals surface area contributed by atoms with E-state index in [1.807, 2.05) is 56.3 Å². The van der Waals surface area contributed by atoms with Gasteiger partial charge in [-0.2, -0.15) is 15.6 Å². The molecule has 2 N–H and O–H groups in total. The summed E-state index contributed by atoms with van der Waals surface area (Å²) < 4.78 is 2.16. The van der Waals surface area contributed by atoms with Crippen LogP contribution in [0.1, 0.15) is 22.5 Å². The first-order valence-corrected chi connectivity index (χ1v) is 10.4. The Balaban J connectivity index is 1.77. The van der Waals surface area contributed by atoms with Crippen LogP contribution in [0.5, 0.6) is 0 Å². The lowest BCUT2D eigenvalue weighted by molar-refractivity contribution is 0.624. The highest BCUT2D eigenvalue weighted by atomic mass is 15.5. The number of aryl methyl sites for hydroxylation is 2. The fraction of sp³-hybridized carbons (Fsp3) is 0.192. The Bertz CT molecular complexity index is 1300. The molecule has 0 bridgehead atoms. The number of nitriles is 2. The van der Waals surface area contributed by atoms with Gasteiger partial charge in [0.1, 0.15) is 18.2 Å². The number of benzene rings is 2.